The summed E-state index contributed by atoms with van der Waals surface area (Å²) < 4.78 is 10.5. The Hall–Kier alpha value is -2.90. The average Bonchev–Trinajstić information content (AvgIpc) is 2.79. The molecule has 0 aliphatic rings. The van der Waals surface area contributed by atoms with E-state index in [2.05, 4.69) is 5.32 Å². The van der Waals surface area contributed by atoms with Gasteiger partial charge in [0.1, 0.15) is 6.61 Å². The Kier molecular flexibility index (Phi) is 9.23. The van der Waals surface area contributed by atoms with Crippen molar-refractivity contribution < 1.29 is 28.3 Å². The van der Waals surface area contributed by atoms with Crippen LogP contribution < -0.4 is 5.32 Å². The zero-order valence-corrected chi connectivity index (χ0v) is 19.7. The summed E-state index contributed by atoms with van der Waals surface area (Å²) in [6, 6.07) is 12.5. The van der Waals surface area contributed by atoms with Crippen molar-refractivity contribution in [3.8, 4) is 0 Å². The monoisotopic (exact) mass is 461 g/mol. The van der Waals surface area contributed by atoms with Crippen LogP contribution in [0, 0.1) is 6.92 Å². The Labute approximate surface area is 193 Å². The number of halogens is 1. The van der Waals surface area contributed by atoms with E-state index >= 15 is 0 Å². The number of carbonyl (C=O) groups excluding carboxylic acids is 3. The summed E-state index contributed by atoms with van der Waals surface area (Å²) in [6.07, 6.45) is 0. The molecule has 2 rings (SSSR count). The van der Waals surface area contributed by atoms with Gasteiger partial charge in [0.2, 0.25) is 0 Å². The Bertz CT molecular complexity index is 958. The van der Waals surface area contributed by atoms with Crippen LogP contribution in [0.2, 0.25) is 5.02 Å². The van der Waals surface area contributed by atoms with E-state index in [0.29, 0.717) is 29.4 Å². The number of quaternary nitrogens is 1. The first-order chi connectivity index (χ1) is 15.2. The summed E-state index contributed by atoms with van der Waals surface area (Å²) in [4.78, 5) is 37.6. The van der Waals surface area contributed by atoms with Crippen LogP contribution in [-0.2, 0) is 25.7 Å². The zero-order chi connectivity index (χ0) is 23.7. The minimum absolute atomic E-state index is 0.0517. The normalized spacial score (nSPS) is 11.0. The van der Waals surface area contributed by atoms with E-state index in [9.17, 15) is 14.4 Å². The molecular formula is C24H30ClN2O5+. The molecule has 0 spiro atoms. The summed E-state index contributed by atoms with van der Waals surface area (Å²) in [5, 5.41) is 3.18. The van der Waals surface area contributed by atoms with Crippen molar-refractivity contribution in [1.29, 1.82) is 0 Å². The summed E-state index contributed by atoms with van der Waals surface area (Å²) in [5.41, 5.74) is 2.07. The second-order valence-electron chi connectivity index (χ2n) is 7.62. The molecular weight excluding hydrogens is 432 g/mol. The standard InChI is InChI=1S/C24H29ClN2O5/c1-5-27(6-2,15-22(29)32-16-18-10-8-7-9-11-18)14-21(28)26-23-17(3)12-19(25)13-20(23)24(30)31-4/h7-13H,5-6,14-16H2,1-4H3/p+1. The Balaban J connectivity index is 2.11. The molecule has 1 amide bonds. The van der Waals surface area contributed by atoms with E-state index in [-0.39, 0.29) is 41.6 Å². The molecule has 2 aromatic carbocycles. The Morgan fingerprint density at radius 3 is 2.28 bits per heavy atom. The second-order valence-corrected chi connectivity index (χ2v) is 8.06. The van der Waals surface area contributed by atoms with Gasteiger partial charge in [-0.25, -0.2) is 9.59 Å². The highest BCUT2D eigenvalue weighted by Crippen LogP contribution is 2.26. The zero-order valence-electron chi connectivity index (χ0n) is 18.9. The third-order valence-electron chi connectivity index (χ3n) is 5.50. The number of aryl methyl sites for hydroxylation is 1. The number of nitrogens with one attached hydrogen (secondary N) is 1. The number of amides is 1. The molecule has 172 valence electrons. The molecule has 0 aromatic heterocycles. The maximum Gasteiger partial charge on any atom is 0.362 e. The lowest BCUT2D eigenvalue weighted by Crippen LogP contribution is -2.55. The Morgan fingerprint density at radius 1 is 1.03 bits per heavy atom. The molecule has 0 fully saturated rings. The van der Waals surface area contributed by atoms with Gasteiger partial charge < -0.3 is 19.3 Å². The van der Waals surface area contributed by atoms with Crippen molar-refractivity contribution in [2.24, 2.45) is 0 Å². The third-order valence-corrected chi connectivity index (χ3v) is 5.72. The highest BCUT2D eigenvalue weighted by molar-refractivity contribution is 6.31. The van der Waals surface area contributed by atoms with Crippen LogP contribution in [0.25, 0.3) is 0 Å². The summed E-state index contributed by atoms with van der Waals surface area (Å²) in [7, 11) is 1.27. The van der Waals surface area contributed by atoms with Gasteiger partial charge in [0.15, 0.2) is 13.1 Å². The quantitative estimate of drug-likeness (QED) is 0.427. The molecule has 32 heavy (non-hydrogen) atoms. The topological polar surface area (TPSA) is 81.7 Å². The number of hydrogen-bond donors (Lipinski definition) is 1. The van der Waals surface area contributed by atoms with E-state index in [4.69, 9.17) is 21.1 Å². The molecule has 0 radical (unpaired) electrons. The highest BCUT2D eigenvalue weighted by Gasteiger charge is 2.31. The molecule has 0 heterocycles. The van der Waals surface area contributed by atoms with Gasteiger partial charge in [0, 0.05) is 5.02 Å². The maximum absolute atomic E-state index is 12.9. The lowest BCUT2D eigenvalue weighted by Gasteiger charge is -2.35. The number of ether oxygens (including phenoxy) is 2. The van der Waals surface area contributed by atoms with E-state index in [0.717, 1.165) is 5.56 Å². The highest BCUT2D eigenvalue weighted by atomic mass is 35.5. The van der Waals surface area contributed by atoms with Crippen molar-refractivity contribution in [2.75, 3.05) is 38.6 Å². The summed E-state index contributed by atoms with van der Waals surface area (Å²) >= 11 is 6.07. The Morgan fingerprint density at radius 2 is 1.69 bits per heavy atom. The van der Waals surface area contributed by atoms with E-state index in [1.54, 1.807) is 13.0 Å². The van der Waals surface area contributed by atoms with Crippen molar-refractivity contribution in [3.05, 3.63) is 64.2 Å². The van der Waals surface area contributed by atoms with Crippen LogP contribution in [0.4, 0.5) is 5.69 Å². The molecule has 0 aliphatic heterocycles. The number of carbonyl (C=O) groups is 3. The van der Waals surface area contributed by atoms with Crippen molar-refractivity contribution in [1.82, 2.24) is 0 Å². The third kappa shape index (κ3) is 6.80. The lowest BCUT2D eigenvalue weighted by molar-refractivity contribution is -0.910. The van der Waals surface area contributed by atoms with Gasteiger partial charge in [-0.1, -0.05) is 41.9 Å². The van der Waals surface area contributed by atoms with Gasteiger partial charge in [-0.15, -0.1) is 0 Å². The van der Waals surface area contributed by atoms with Crippen LogP contribution in [0.1, 0.15) is 35.3 Å². The van der Waals surface area contributed by atoms with E-state index in [1.165, 1.54) is 13.2 Å². The van der Waals surface area contributed by atoms with Crippen LogP contribution in [0.3, 0.4) is 0 Å². The molecule has 8 heteroatoms. The number of nitrogens with zero attached hydrogens (tertiary/aromatic N) is 1. The number of anilines is 1. The van der Waals surface area contributed by atoms with E-state index < -0.39 is 5.97 Å². The van der Waals surface area contributed by atoms with Crippen molar-refractivity contribution in [2.45, 2.75) is 27.4 Å². The van der Waals surface area contributed by atoms with Gasteiger partial charge in [0.25, 0.3) is 5.91 Å². The molecule has 2 aromatic rings. The predicted molar refractivity (Wildman–Crippen MR) is 123 cm³/mol. The largest absolute Gasteiger partial charge is 0.465 e. The van der Waals surface area contributed by atoms with Gasteiger partial charge in [-0.3, -0.25) is 4.79 Å². The average molecular weight is 462 g/mol. The number of methoxy groups -OCH3 is 1. The number of likely N-dealkylation sites (N-methyl/N-ethyl adjacent to an activating group) is 1. The molecule has 0 aliphatic carbocycles. The SMILES string of the molecule is CC[N+](CC)(CC(=O)Nc1c(C)cc(Cl)cc1C(=O)OC)CC(=O)OCc1ccccc1. The molecule has 0 atom stereocenters. The smallest absolute Gasteiger partial charge is 0.362 e. The van der Waals surface area contributed by atoms with Crippen molar-refractivity contribution in [3.63, 3.8) is 0 Å². The summed E-state index contributed by atoms with van der Waals surface area (Å²) in [6.45, 7) is 7.03. The first kappa shape index (κ1) is 25.4. The van der Waals surface area contributed by atoms with Gasteiger partial charge in [-0.2, -0.15) is 0 Å². The number of benzene rings is 2. The first-order valence-electron chi connectivity index (χ1n) is 10.5. The fourth-order valence-corrected chi connectivity index (χ4v) is 3.72. The van der Waals surface area contributed by atoms with Crippen LogP contribution >= 0.6 is 11.6 Å². The molecule has 7 nitrogen and oxygen atoms in total. The minimum Gasteiger partial charge on any atom is -0.465 e. The summed E-state index contributed by atoms with van der Waals surface area (Å²) in [5.74, 6) is -1.29. The first-order valence-corrected chi connectivity index (χ1v) is 10.8. The number of hydrogen-bond acceptors (Lipinski definition) is 5. The van der Waals surface area contributed by atoms with Crippen molar-refractivity contribution >= 4 is 35.1 Å². The molecule has 0 saturated heterocycles. The van der Waals surface area contributed by atoms with Crippen LogP contribution in [0.15, 0.2) is 42.5 Å². The predicted octanol–water partition coefficient (Wildman–Crippen LogP) is 3.97. The number of rotatable bonds is 10. The molecule has 0 bridgehead atoms. The maximum atomic E-state index is 12.9. The second kappa shape index (κ2) is 11.6. The fraction of sp³-hybridized carbons (Fsp3) is 0.375. The minimum atomic E-state index is -0.595. The molecule has 1 N–H and O–H groups in total. The van der Waals surface area contributed by atoms with Crippen LogP contribution in [-0.4, -0.2) is 55.6 Å². The van der Waals surface area contributed by atoms with Gasteiger partial charge >= 0.3 is 11.9 Å². The number of esters is 2. The van der Waals surface area contributed by atoms with Gasteiger partial charge in [0.05, 0.1) is 31.5 Å². The molecule has 0 unspecified atom stereocenters. The van der Waals surface area contributed by atoms with Gasteiger partial charge in [-0.05, 0) is 44.0 Å². The van der Waals surface area contributed by atoms with Crippen LogP contribution in [0.5, 0.6) is 0 Å². The molecule has 0 saturated carbocycles. The van der Waals surface area contributed by atoms with E-state index in [1.807, 2.05) is 44.2 Å². The lowest BCUT2D eigenvalue weighted by atomic mass is 10.1. The fourth-order valence-electron chi connectivity index (χ4n) is 3.45.